The van der Waals surface area contributed by atoms with Gasteiger partial charge in [-0.25, -0.2) is 0 Å². The third kappa shape index (κ3) is 5.57. The zero-order chi connectivity index (χ0) is 20.8. The van der Waals surface area contributed by atoms with Gasteiger partial charge in [0.15, 0.2) is 0 Å². The number of carbonyl (C=O) groups is 2. The van der Waals surface area contributed by atoms with E-state index in [2.05, 4.69) is 16.7 Å². The van der Waals surface area contributed by atoms with E-state index in [9.17, 15) is 14.9 Å². The summed E-state index contributed by atoms with van der Waals surface area (Å²) < 4.78 is 0. The predicted molar refractivity (Wildman–Crippen MR) is 119 cm³/mol. The van der Waals surface area contributed by atoms with Crippen molar-refractivity contribution in [2.75, 3.05) is 17.3 Å². The summed E-state index contributed by atoms with van der Waals surface area (Å²) in [5.41, 5.74) is 2.03. The van der Waals surface area contributed by atoms with E-state index >= 15 is 0 Å². The van der Waals surface area contributed by atoms with Crippen LogP contribution in [-0.4, -0.2) is 23.8 Å². The zero-order valence-corrected chi connectivity index (χ0v) is 18.0. The van der Waals surface area contributed by atoms with Crippen LogP contribution in [0.4, 0.5) is 5.69 Å². The smallest absolute Gasteiger partial charge is 0.234 e. The number of rotatable bonds is 6. The minimum atomic E-state index is -0.313. The second kappa shape index (κ2) is 9.88. The highest BCUT2D eigenvalue weighted by Gasteiger charge is 2.29. The third-order valence-corrected chi connectivity index (χ3v) is 6.36. The maximum Gasteiger partial charge on any atom is 0.234 e. The first-order valence-electron chi connectivity index (χ1n) is 8.76. The average molecular weight is 444 g/mol. The SMILES string of the molecule is CSc1ccc([C@@H]2CC(=O)NC(SCC(=O)Nc3ccc(Cl)cc3)=C2C#N)cc1. The molecule has 3 rings (SSSR count). The normalized spacial score (nSPS) is 16.2. The van der Waals surface area contributed by atoms with Crippen molar-refractivity contribution in [1.82, 2.24) is 5.32 Å². The van der Waals surface area contributed by atoms with Gasteiger partial charge in [0.25, 0.3) is 0 Å². The lowest BCUT2D eigenvalue weighted by Crippen LogP contribution is -2.31. The van der Waals surface area contributed by atoms with Crippen LogP contribution in [0.15, 0.2) is 64.0 Å². The Morgan fingerprint density at radius 1 is 1.24 bits per heavy atom. The average Bonchev–Trinajstić information content (AvgIpc) is 2.73. The Bertz CT molecular complexity index is 982. The fourth-order valence-corrected chi connectivity index (χ4v) is 4.33. The number of carbonyl (C=O) groups excluding carboxylic acids is 2. The molecule has 8 heteroatoms. The van der Waals surface area contributed by atoms with Crippen LogP contribution < -0.4 is 10.6 Å². The number of nitrogens with one attached hydrogen (secondary N) is 2. The maximum atomic E-state index is 12.3. The van der Waals surface area contributed by atoms with Crippen molar-refractivity contribution >= 4 is 52.6 Å². The molecule has 2 aromatic rings. The minimum absolute atomic E-state index is 0.0710. The summed E-state index contributed by atoms with van der Waals surface area (Å²) in [4.78, 5) is 25.6. The molecule has 0 radical (unpaired) electrons. The molecule has 1 aliphatic heterocycles. The Labute approximate surface area is 182 Å². The largest absolute Gasteiger partial charge is 0.325 e. The van der Waals surface area contributed by atoms with Crippen LogP contribution in [0, 0.1) is 11.3 Å². The van der Waals surface area contributed by atoms with Gasteiger partial charge in [-0.1, -0.05) is 35.5 Å². The molecule has 0 aliphatic carbocycles. The molecule has 5 nitrogen and oxygen atoms in total. The number of thioether (sulfide) groups is 2. The molecule has 0 saturated carbocycles. The standard InChI is InChI=1S/C21H18ClN3O2S2/c1-28-16-8-2-13(3-9-16)17-10-19(26)25-21(18(17)11-23)29-12-20(27)24-15-6-4-14(22)5-7-15/h2-9,17H,10,12H2,1H3,(H,24,27)(H,25,26)/t17-/m0/s1. The summed E-state index contributed by atoms with van der Waals surface area (Å²) >= 11 is 8.63. The molecule has 1 aliphatic rings. The lowest BCUT2D eigenvalue weighted by Gasteiger charge is -2.25. The van der Waals surface area contributed by atoms with Crippen LogP contribution in [0.2, 0.25) is 5.02 Å². The lowest BCUT2D eigenvalue weighted by molar-refractivity contribution is -0.121. The van der Waals surface area contributed by atoms with Crippen LogP contribution in [0.1, 0.15) is 17.9 Å². The number of halogens is 1. The number of allylic oxidation sites excluding steroid dienone is 1. The number of amides is 2. The maximum absolute atomic E-state index is 12.3. The molecule has 29 heavy (non-hydrogen) atoms. The second-order valence-electron chi connectivity index (χ2n) is 6.28. The monoisotopic (exact) mass is 443 g/mol. The first-order valence-corrected chi connectivity index (χ1v) is 11.3. The van der Waals surface area contributed by atoms with Gasteiger partial charge in [-0.3, -0.25) is 9.59 Å². The number of nitrogens with zero attached hydrogens (tertiary/aromatic N) is 1. The van der Waals surface area contributed by atoms with E-state index in [0.29, 0.717) is 21.3 Å². The van der Waals surface area contributed by atoms with Gasteiger partial charge in [0.2, 0.25) is 11.8 Å². The highest BCUT2D eigenvalue weighted by molar-refractivity contribution is 8.03. The number of nitriles is 1. The van der Waals surface area contributed by atoms with Gasteiger partial charge in [0, 0.05) is 27.9 Å². The molecule has 0 spiro atoms. The van der Waals surface area contributed by atoms with E-state index in [-0.39, 0.29) is 29.9 Å². The Morgan fingerprint density at radius 2 is 1.93 bits per heavy atom. The Morgan fingerprint density at radius 3 is 2.55 bits per heavy atom. The molecule has 2 amide bonds. The van der Waals surface area contributed by atoms with Gasteiger partial charge in [-0.2, -0.15) is 5.26 Å². The minimum Gasteiger partial charge on any atom is -0.325 e. The third-order valence-electron chi connectivity index (χ3n) is 4.35. The molecule has 0 bridgehead atoms. The molecule has 2 aromatic carbocycles. The summed E-state index contributed by atoms with van der Waals surface area (Å²) in [5.74, 6) is -0.639. The zero-order valence-electron chi connectivity index (χ0n) is 15.6. The molecule has 1 atom stereocenters. The summed E-state index contributed by atoms with van der Waals surface area (Å²) in [7, 11) is 0. The summed E-state index contributed by atoms with van der Waals surface area (Å²) in [6.45, 7) is 0. The number of hydrogen-bond acceptors (Lipinski definition) is 5. The second-order valence-corrected chi connectivity index (χ2v) is 8.58. The van der Waals surface area contributed by atoms with Gasteiger partial charge in [-0.15, -0.1) is 11.8 Å². The summed E-state index contributed by atoms with van der Waals surface area (Å²) in [5, 5.41) is 16.3. The molecule has 148 valence electrons. The van der Waals surface area contributed by atoms with E-state index in [0.717, 1.165) is 22.2 Å². The van der Waals surface area contributed by atoms with Crippen LogP contribution >= 0.6 is 35.1 Å². The van der Waals surface area contributed by atoms with E-state index in [1.807, 2.05) is 30.5 Å². The van der Waals surface area contributed by atoms with Crippen molar-refractivity contribution < 1.29 is 9.59 Å². The van der Waals surface area contributed by atoms with Crippen molar-refractivity contribution in [2.24, 2.45) is 0 Å². The van der Waals surface area contributed by atoms with Crippen LogP contribution in [0.5, 0.6) is 0 Å². The van der Waals surface area contributed by atoms with Crippen LogP contribution in [0.25, 0.3) is 0 Å². The predicted octanol–water partition coefficient (Wildman–Crippen LogP) is 4.77. The highest BCUT2D eigenvalue weighted by atomic mass is 35.5. The van der Waals surface area contributed by atoms with E-state index in [1.54, 1.807) is 36.0 Å². The van der Waals surface area contributed by atoms with E-state index < -0.39 is 0 Å². The fraction of sp³-hybridized carbons (Fsp3) is 0.190. The van der Waals surface area contributed by atoms with Crippen molar-refractivity contribution in [3.05, 3.63) is 69.7 Å². The molecule has 2 N–H and O–H groups in total. The summed E-state index contributed by atoms with van der Waals surface area (Å²) in [6.07, 6.45) is 2.20. The molecule has 0 fully saturated rings. The Kier molecular flexibility index (Phi) is 7.26. The van der Waals surface area contributed by atoms with Crippen LogP contribution in [0.3, 0.4) is 0 Å². The number of hydrogen-bond donors (Lipinski definition) is 2. The van der Waals surface area contributed by atoms with Crippen LogP contribution in [-0.2, 0) is 9.59 Å². The highest BCUT2D eigenvalue weighted by Crippen LogP contribution is 2.36. The first-order chi connectivity index (χ1) is 14.0. The number of anilines is 1. The van der Waals surface area contributed by atoms with Gasteiger partial charge in [0.1, 0.15) is 0 Å². The van der Waals surface area contributed by atoms with Gasteiger partial charge < -0.3 is 10.6 Å². The fourth-order valence-electron chi connectivity index (χ4n) is 2.92. The van der Waals surface area contributed by atoms with Gasteiger partial charge in [-0.05, 0) is 48.2 Å². The molecule has 0 unspecified atom stereocenters. The van der Waals surface area contributed by atoms with Gasteiger partial charge >= 0.3 is 0 Å². The molecule has 0 saturated heterocycles. The van der Waals surface area contributed by atoms with Crippen molar-refractivity contribution in [3.63, 3.8) is 0 Å². The Balaban J connectivity index is 1.73. The van der Waals surface area contributed by atoms with Gasteiger partial charge in [0.05, 0.1) is 22.4 Å². The Hall–Kier alpha value is -2.40. The first kappa shape index (κ1) is 21.3. The van der Waals surface area contributed by atoms with Crippen molar-refractivity contribution in [3.8, 4) is 6.07 Å². The van der Waals surface area contributed by atoms with Crippen molar-refractivity contribution in [1.29, 1.82) is 5.26 Å². The number of benzene rings is 2. The lowest BCUT2D eigenvalue weighted by atomic mass is 9.87. The molecule has 1 heterocycles. The van der Waals surface area contributed by atoms with E-state index in [1.165, 1.54) is 0 Å². The van der Waals surface area contributed by atoms with Crippen molar-refractivity contribution in [2.45, 2.75) is 17.2 Å². The quantitative estimate of drug-likeness (QED) is 0.628. The summed E-state index contributed by atoms with van der Waals surface area (Å²) in [6, 6.07) is 16.9. The molecular weight excluding hydrogens is 426 g/mol. The molecule has 0 aromatic heterocycles. The molecular formula is C21H18ClN3O2S2. The topological polar surface area (TPSA) is 82.0 Å². The van der Waals surface area contributed by atoms with E-state index in [4.69, 9.17) is 11.6 Å².